The number of carbonyl (C=O) groups is 1. The fraction of sp³-hybridized carbons (Fsp3) is 0.333. The Balaban J connectivity index is 1.91. The van der Waals surface area contributed by atoms with E-state index < -0.39 is 16.1 Å². The predicted octanol–water partition coefficient (Wildman–Crippen LogP) is 2.26. The molecule has 32 heavy (non-hydrogen) atoms. The number of amidine groups is 1. The molecule has 1 amide bonds. The number of benzene rings is 1. The maximum Gasteiger partial charge on any atom is 0.319 e. The van der Waals surface area contributed by atoms with Crippen molar-refractivity contribution < 1.29 is 22.7 Å². The number of anilines is 1. The Morgan fingerprint density at radius 3 is 2.53 bits per heavy atom. The second-order valence-corrected chi connectivity index (χ2v) is 9.08. The van der Waals surface area contributed by atoms with Crippen LogP contribution < -0.4 is 15.8 Å². The lowest BCUT2D eigenvalue weighted by Crippen LogP contribution is -2.31. The zero-order valence-electron chi connectivity index (χ0n) is 18.1. The summed E-state index contributed by atoms with van der Waals surface area (Å²) in [5.74, 6) is 0.745. The highest BCUT2D eigenvalue weighted by Crippen LogP contribution is 2.42. The molecule has 1 aliphatic rings. The molecule has 1 fully saturated rings. The highest BCUT2D eigenvalue weighted by Gasteiger charge is 2.35. The van der Waals surface area contributed by atoms with Crippen LogP contribution in [-0.4, -0.2) is 44.3 Å². The molecule has 3 rings (SSSR count). The minimum Gasteiger partial charge on any atom is -0.505 e. The molecule has 1 saturated carbocycles. The van der Waals surface area contributed by atoms with Crippen LogP contribution in [0.25, 0.3) is 0 Å². The van der Waals surface area contributed by atoms with E-state index in [1.807, 2.05) is 19.1 Å². The first-order valence-corrected chi connectivity index (χ1v) is 11.4. The molecular formula is C21H27N5O5S. The normalized spacial score (nSPS) is 15.2. The molecule has 0 saturated heterocycles. The third kappa shape index (κ3) is 5.68. The Kier molecular flexibility index (Phi) is 6.60. The van der Waals surface area contributed by atoms with Crippen molar-refractivity contribution in [3.63, 3.8) is 0 Å². The number of amides is 1. The number of carbonyl (C=O) groups excluding carboxylic acids is 1. The minimum absolute atomic E-state index is 0.0374. The number of rotatable bonds is 8. The van der Waals surface area contributed by atoms with Gasteiger partial charge in [-0.25, -0.2) is 5.14 Å². The molecule has 5 N–H and O–H groups in total. The molecule has 0 radical (unpaired) electrons. The summed E-state index contributed by atoms with van der Waals surface area (Å²) in [4.78, 5) is 13.6. The first-order chi connectivity index (χ1) is 15.0. The molecule has 0 spiro atoms. The van der Waals surface area contributed by atoms with Gasteiger partial charge in [-0.3, -0.25) is 4.79 Å². The zero-order chi connectivity index (χ0) is 23.6. The van der Waals surface area contributed by atoms with Crippen LogP contribution in [0.5, 0.6) is 5.75 Å². The summed E-state index contributed by atoms with van der Waals surface area (Å²) in [7, 11) is -1.19. The summed E-state index contributed by atoms with van der Waals surface area (Å²) >= 11 is 0. The Morgan fingerprint density at radius 2 is 2.00 bits per heavy atom. The fourth-order valence-electron chi connectivity index (χ4n) is 3.19. The smallest absolute Gasteiger partial charge is 0.319 e. The Labute approximate surface area is 187 Å². The molecule has 2 aromatic rings. The number of nitrogens with one attached hydrogen (secondary N) is 2. The third-order valence-electron chi connectivity index (χ3n) is 4.92. The highest BCUT2D eigenvalue weighted by molar-refractivity contribution is 7.88. The Bertz CT molecular complexity index is 1160. The van der Waals surface area contributed by atoms with Gasteiger partial charge in [0.25, 0.3) is 5.91 Å². The number of nitrogens with zero attached hydrogens (tertiary/aromatic N) is 2. The molecule has 10 nitrogen and oxygen atoms in total. The second kappa shape index (κ2) is 9.05. The van der Waals surface area contributed by atoms with Crippen molar-refractivity contribution in [1.29, 1.82) is 0 Å². The van der Waals surface area contributed by atoms with Gasteiger partial charge < -0.3 is 25.1 Å². The van der Waals surface area contributed by atoms with Gasteiger partial charge in [-0.1, -0.05) is 12.6 Å². The van der Waals surface area contributed by atoms with Crippen molar-refractivity contribution in [3.8, 4) is 5.75 Å². The third-order valence-corrected chi connectivity index (χ3v) is 5.36. The van der Waals surface area contributed by atoms with E-state index in [1.54, 1.807) is 20.2 Å². The van der Waals surface area contributed by atoms with Crippen molar-refractivity contribution in [2.24, 2.45) is 15.5 Å². The summed E-state index contributed by atoms with van der Waals surface area (Å²) < 4.78 is 32.7. The second-order valence-electron chi connectivity index (χ2n) is 7.87. The zero-order valence-corrected chi connectivity index (χ0v) is 18.9. The fourth-order valence-corrected chi connectivity index (χ4v) is 3.60. The van der Waals surface area contributed by atoms with E-state index in [4.69, 9.17) is 9.56 Å². The molecule has 0 unspecified atom stereocenters. The Morgan fingerprint density at radius 1 is 1.31 bits per heavy atom. The summed E-state index contributed by atoms with van der Waals surface area (Å²) in [6.07, 6.45) is 1.96. The number of aryl methyl sites for hydroxylation is 1. The number of phenolic OH excluding ortho intramolecular Hbond substituents is 1. The van der Waals surface area contributed by atoms with Crippen LogP contribution >= 0.6 is 0 Å². The van der Waals surface area contributed by atoms with Crippen LogP contribution in [0.3, 0.4) is 0 Å². The summed E-state index contributed by atoms with van der Waals surface area (Å²) in [6.45, 7) is 5.75. The van der Waals surface area contributed by atoms with Gasteiger partial charge in [-0.2, -0.15) is 8.42 Å². The molecule has 1 aromatic carbocycles. The predicted molar refractivity (Wildman–Crippen MR) is 121 cm³/mol. The van der Waals surface area contributed by atoms with Crippen molar-refractivity contribution in [2.45, 2.75) is 25.8 Å². The first-order valence-electron chi connectivity index (χ1n) is 9.91. The molecule has 172 valence electrons. The van der Waals surface area contributed by atoms with E-state index in [-0.39, 0.29) is 34.6 Å². The molecule has 1 atom stereocenters. The van der Waals surface area contributed by atoms with Crippen LogP contribution in [0.4, 0.5) is 5.69 Å². The van der Waals surface area contributed by atoms with E-state index >= 15 is 0 Å². The number of aromatic hydroxyl groups is 1. The number of furan rings is 1. The van der Waals surface area contributed by atoms with E-state index in [2.05, 4.69) is 21.6 Å². The van der Waals surface area contributed by atoms with Gasteiger partial charge in [0.1, 0.15) is 11.5 Å². The number of nitrogens with two attached hydrogens (primary N) is 1. The van der Waals surface area contributed by atoms with Crippen LogP contribution in [0.1, 0.15) is 40.8 Å². The van der Waals surface area contributed by atoms with Crippen LogP contribution in [0.2, 0.25) is 0 Å². The first kappa shape index (κ1) is 23.4. The van der Waals surface area contributed by atoms with Gasteiger partial charge in [0, 0.05) is 14.1 Å². The van der Waals surface area contributed by atoms with Gasteiger partial charge in [0.2, 0.25) is 0 Å². The maximum absolute atomic E-state index is 12.3. The van der Waals surface area contributed by atoms with E-state index in [1.165, 1.54) is 17.0 Å². The van der Waals surface area contributed by atoms with E-state index in [0.29, 0.717) is 11.7 Å². The van der Waals surface area contributed by atoms with E-state index in [9.17, 15) is 18.3 Å². The number of hydrogen-bond acceptors (Lipinski definition) is 6. The van der Waals surface area contributed by atoms with Crippen molar-refractivity contribution >= 4 is 27.6 Å². The quantitative estimate of drug-likeness (QED) is 0.267. The molecule has 1 heterocycles. The molecular weight excluding hydrogens is 434 g/mol. The minimum atomic E-state index is -4.30. The SMILES string of the molecule is C=C(N[C@@H](c1ccc(C)o1)C1CC1)C(=NS(N)(=O)=O)Nc1cccc(C(=O)N(C)C)c1O. The van der Waals surface area contributed by atoms with Crippen LogP contribution in [-0.2, 0) is 10.2 Å². The van der Waals surface area contributed by atoms with Crippen LogP contribution in [0, 0.1) is 12.8 Å². The number of para-hydroxylation sites is 1. The highest BCUT2D eigenvalue weighted by atomic mass is 32.2. The lowest BCUT2D eigenvalue weighted by Gasteiger charge is -2.21. The topological polar surface area (TPSA) is 150 Å². The molecule has 0 bridgehead atoms. The van der Waals surface area contributed by atoms with Gasteiger partial charge in [0.05, 0.1) is 23.0 Å². The van der Waals surface area contributed by atoms with Gasteiger partial charge in [-0.05, 0) is 49.9 Å². The monoisotopic (exact) mass is 461 g/mol. The van der Waals surface area contributed by atoms with Gasteiger partial charge in [0.15, 0.2) is 11.6 Å². The van der Waals surface area contributed by atoms with Crippen molar-refractivity contribution in [1.82, 2.24) is 10.2 Å². The summed E-state index contributed by atoms with van der Waals surface area (Å²) in [5.41, 5.74) is 0.240. The van der Waals surface area contributed by atoms with Crippen molar-refractivity contribution in [3.05, 3.63) is 59.7 Å². The lowest BCUT2D eigenvalue weighted by atomic mass is 10.1. The molecule has 1 aliphatic carbocycles. The van der Waals surface area contributed by atoms with E-state index in [0.717, 1.165) is 18.6 Å². The van der Waals surface area contributed by atoms with Crippen molar-refractivity contribution in [2.75, 3.05) is 19.4 Å². The maximum atomic E-state index is 12.3. The van der Waals surface area contributed by atoms with Crippen LogP contribution in [0.15, 0.2) is 51.4 Å². The molecule has 1 aromatic heterocycles. The summed E-state index contributed by atoms with van der Waals surface area (Å²) in [6, 6.07) is 7.93. The lowest BCUT2D eigenvalue weighted by molar-refractivity contribution is 0.0824. The average molecular weight is 462 g/mol. The van der Waals surface area contributed by atoms with Gasteiger partial charge in [-0.15, -0.1) is 4.40 Å². The molecule has 0 aliphatic heterocycles. The standard InChI is InChI=1S/C21H27N5O5S/c1-12-8-11-17(31-12)18(14-9-10-14)23-13(2)20(25-32(22,29)30)24-16-7-5-6-15(19(16)27)21(28)26(3)4/h5-8,11,14,18,23,27H,2,9-10H2,1,3-4H3,(H,24,25)(H2,22,29,30)/t18-/m1/s1. The average Bonchev–Trinajstić information content (AvgIpc) is 3.45. The largest absolute Gasteiger partial charge is 0.505 e. The molecule has 11 heteroatoms. The number of phenols is 1. The van der Waals surface area contributed by atoms with Gasteiger partial charge >= 0.3 is 10.2 Å². The number of hydrogen-bond donors (Lipinski definition) is 4. The summed E-state index contributed by atoms with van der Waals surface area (Å²) in [5, 5.41) is 21.6. The Hall–Kier alpha value is -3.31.